The Morgan fingerprint density at radius 3 is 2.58 bits per heavy atom. The molecule has 0 aromatic rings. The van der Waals surface area contributed by atoms with Crippen molar-refractivity contribution in [2.75, 3.05) is 26.2 Å². The lowest BCUT2D eigenvalue weighted by Gasteiger charge is -2.34. The van der Waals surface area contributed by atoms with Crippen LogP contribution < -0.4 is 5.73 Å². The topological polar surface area (TPSA) is 92.9 Å². The molecule has 2 atom stereocenters. The van der Waals surface area contributed by atoms with Crippen LogP contribution in [0.25, 0.3) is 0 Å². The van der Waals surface area contributed by atoms with Crippen molar-refractivity contribution >= 4 is 11.9 Å². The van der Waals surface area contributed by atoms with Crippen molar-refractivity contribution in [3.05, 3.63) is 0 Å². The van der Waals surface area contributed by atoms with E-state index in [1.165, 1.54) is 0 Å². The van der Waals surface area contributed by atoms with Crippen molar-refractivity contribution in [1.82, 2.24) is 4.90 Å². The summed E-state index contributed by atoms with van der Waals surface area (Å²) >= 11 is 0. The number of hydrogen-bond acceptors (Lipinski definition) is 4. The number of carboxylic acid groups (broad SMARTS) is 1. The maximum absolute atomic E-state index is 12.4. The Balaban J connectivity index is 2.66. The SMILES string of the molecule is CC(C)(C)CC(CN)C(=O)N1CCOC(C(=O)O)C1. The smallest absolute Gasteiger partial charge is 0.334 e. The van der Waals surface area contributed by atoms with Crippen LogP contribution in [0.2, 0.25) is 0 Å². The lowest BCUT2D eigenvalue weighted by molar-refractivity contribution is -0.160. The molecular formula is C13H24N2O4. The molecule has 110 valence electrons. The standard InChI is InChI=1S/C13H24N2O4/c1-13(2,3)6-9(7-14)11(16)15-4-5-19-10(8-15)12(17)18/h9-10H,4-8,14H2,1-3H3,(H,17,18). The maximum atomic E-state index is 12.4. The lowest BCUT2D eigenvalue weighted by atomic mass is 9.84. The van der Waals surface area contributed by atoms with Crippen molar-refractivity contribution in [1.29, 1.82) is 0 Å². The first-order valence-electron chi connectivity index (χ1n) is 6.58. The summed E-state index contributed by atoms with van der Waals surface area (Å²) in [5.74, 6) is -1.35. The highest BCUT2D eigenvalue weighted by atomic mass is 16.5. The van der Waals surface area contributed by atoms with E-state index in [0.29, 0.717) is 13.0 Å². The first-order valence-corrected chi connectivity index (χ1v) is 6.58. The van der Waals surface area contributed by atoms with Crippen LogP contribution in [0.4, 0.5) is 0 Å². The summed E-state index contributed by atoms with van der Waals surface area (Å²) < 4.78 is 5.11. The number of amides is 1. The molecule has 3 N–H and O–H groups in total. The monoisotopic (exact) mass is 272 g/mol. The fraction of sp³-hybridized carbons (Fsp3) is 0.846. The first-order chi connectivity index (χ1) is 8.74. The number of hydrogen-bond donors (Lipinski definition) is 2. The summed E-state index contributed by atoms with van der Waals surface area (Å²) in [6.07, 6.45) is -0.233. The Hall–Kier alpha value is -1.14. The molecule has 1 heterocycles. The lowest BCUT2D eigenvalue weighted by Crippen LogP contribution is -2.51. The number of rotatable bonds is 4. The molecule has 0 saturated carbocycles. The zero-order valence-corrected chi connectivity index (χ0v) is 11.9. The molecule has 0 aromatic carbocycles. The van der Waals surface area contributed by atoms with E-state index in [0.717, 1.165) is 0 Å². The Labute approximate surface area is 113 Å². The van der Waals surface area contributed by atoms with E-state index in [2.05, 4.69) is 20.8 Å². The summed E-state index contributed by atoms with van der Waals surface area (Å²) in [6, 6.07) is 0. The van der Waals surface area contributed by atoms with Crippen LogP contribution >= 0.6 is 0 Å². The van der Waals surface area contributed by atoms with Gasteiger partial charge in [0.2, 0.25) is 5.91 Å². The van der Waals surface area contributed by atoms with E-state index in [-0.39, 0.29) is 36.9 Å². The van der Waals surface area contributed by atoms with Crippen LogP contribution in [-0.4, -0.2) is 54.2 Å². The molecule has 2 unspecified atom stereocenters. The molecule has 1 fully saturated rings. The zero-order chi connectivity index (χ0) is 14.6. The number of carboxylic acids is 1. The van der Waals surface area contributed by atoms with Gasteiger partial charge in [-0.25, -0.2) is 4.79 Å². The highest BCUT2D eigenvalue weighted by Crippen LogP contribution is 2.25. The largest absolute Gasteiger partial charge is 0.479 e. The zero-order valence-electron chi connectivity index (χ0n) is 11.9. The first kappa shape index (κ1) is 15.9. The van der Waals surface area contributed by atoms with Crippen molar-refractivity contribution < 1.29 is 19.4 Å². The predicted octanol–water partition coefficient (Wildman–Crippen LogP) is 0.310. The van der Waals surface area contributed by atoms with Crippen LogP contribution in [0.1, 0.15) is 27.2 Å². The maximum Gasteiger partial charge on any atom is 0.334 e. The van der Waals surface area contributed by atoms with Crippen molar-refractivity contribution in [2.45, 2.75) is 33.3 Å². The van der Waals surface area contributed by atoms with E-state index < -0.39 is 12.1 Å². The molecule has 1 saturated heterocycles. The van der Waals surface area contributed by atoms with Crippen LogP contribution in [-0.2, 0) is 14.3 Å². The molecule has 1 rings (SSSR count). The molecule has 0 spiro atoms. The van der Waals surface area contributed by atoms with Gasteiger partial charge < -0.3 is 20.5 Å². The van der Waals surface area contributed by atoms with Gasteiger partial charge >= 0.3 is 5.97 Å². The molecule has 0 bridgehead atoms. The molecule has 1 aliphatic heterocycles. The Kier molecular flexibility index (Phi) is 5.31. The van der Waals surface area contributed by atoms with Gasteiger partial charge in [0.15, 0.2) is 6.10 Å². The minimum absolute atomic E-state index is 0.0121. The van der Waals surface area contributed by atoms with Crippen LogP contribution in [0, 0.1) is 11.3 Å². The molecule has 0 aromatic heterocycles. The Morgan fingerprint density at radius 1 is 1.47 bits per heavy atom. The molecular weight excluding hydrogens is 248 g/mol. The fourth-order valence-electron chi connectivity index (χ4n) is 2.27. The average Bonchev–Trinajstić information content (AvgIpc) is 2.34. The van der Waals surface area contributed by atoms with E-state index in [9.17, 15) is 9.59 Å². The van der Waals surface area contributed by atoms with E-state index >= 15 is 0 Å². The van der Waals surface area contributed by atoms with Crippen LogP contribution in [0.3, 0.4) is 0 Å². The van der Waals surface area contributed by atoms with Gasteiger partial charge in [-0.1, -0.05) is 20.8 Å². The van der Waals surface area contributed by atoms with Gasteiger partial charge in [-0.15, -0.1) is 0 Å². The third-order valence-corrected chi connectivity index (χ3v) is 3.15. The van der Waals surface area contributed by atoms with Crippen molar-refractivity contribution in [3.63, 3.8) is 0 Å². The average molecular weight is 272 g/mol. The van der Waals surface area contributed by atoms with Gasteiger partial charge in [0.05, 0.1) is 19.1 Å². The van der Waals surface area contributed by atoms with Crippen molar-refractivity contribution in [3.8, 4) is 0 Å². The number of nitrogens with zero attached hydrogens (tertiary/aromatic N) is 1. The summed E-state index contributed by atoms with van der Waals surface area (Å²) in [6.45, 7) is 7.26. The van der Waals surface area contributed by atoms with E-state index in [4.69, 9.17) is 15.6 Å². The van der Waals surface area contributed by atoms with Crippen molar-refractivity contribution in [2.24, 2.45) is 17.1 Å². The van der Waals surface area contributed by atoms with Crippen LogP contribution in [0.15, 0.2) is 0 Å². The summed E-state index contributed by atoms with van der Waals surface area (Å²) in [4.78, 5) is 24.8. The number of morpholine rings is 1. The Bertz CT molecular complexity index is 338. The van der Waals surface area contributed by atoms with Gasteiger partial charge in [0.1, 0.15) is 0 Å². The molecule has 19 heavy (non-hydrogen) atoms. The van der Waals surface area contributed by atoms with Gasteiger partial charge in [-0.3, -0.25) is 4.79 Å². The Morgan fingerprint density at radius 2 is 2.11 bits per heavy atom. The molecule has 0 aliphatic carbocycles. The second-order valence-electron chi connectivity index (χ2n) is 6.18. The number of nitrogens with two attached hydrogens (primary N) is 1. The number of carbonyl (C=O) groups is 2. The predicted molar refractivity (Wildman–Crippen MR) is 70.6 cm³/mol. The second-order valence-corrected chi connectivity index (χ2v) is 6.18. The van der Waals surface area contributed by atoms with Gasteiger partial charge in [0, 0.05) is 13.1 Å². The molecule has 6 heteroatoms. The fourth-order valence-corrected chi connectivity index (χ4v) is 2.27. The molecule has 1 aliphatic rings. The normalized spacial score (nSPS) is 22.1. The quantitative estimate of drug-likeness (QED) is 0.768. The highest BCUT2D eigenvalue weighted by molar-refractivity contribution is 5.80. The van der Waals surface area contributed by atoms with Crippen LogP contribution in [0.5, 0.6) is 0 Å². The summed E-state index contributed by atoms with van der Waals surface area (Å²) in [5, 5.41) is 8.93. The molecule has 1 amide bonds. The van der Waals surface area contributed by atoms with Gasteiger partial charge in [-0.2, -0.15) is 0 Å². The summed E-state index contributed by atoms with van der Waals surface area (Å²) in [7, 11) is 0. The number of carbonyl (C=O) groups excluding carboxylic acids is 1. The third kappa shape index (κ3) is 4.80. The van der Waals surface area contributed by atoms with E-state index in [1.807, 2.05) is 0 Å². The molecule has 0 radical (unpaired) electrons. The van der Waals surface area contributed by atoms with E-state index in [1.54, 1.807) is 4.90 Å². The molecule has 6 nitrogen and oxygen atoms in total. The highest BCUT2D eigenvalue weighted by Gasteiger charge is 2.33. The minimum atomic E-state index is -1.03. The minimum Gasteiger partial charge on any atom is -0.479 e. The summed E-state index contributed by atoms with van der Waals surface area (Å²) in [5.41, 5.74) is 5.70. The third-order valence-electron chi connectivity index (χ3n) is 3.15. The number of ether oxygens (including phenoxy) is 1. The number of aliphatic carboxylic acids is 1. The van der Waals surface area contributed by atoms with Gasteiger partial charge in [-0.05, 0) is 11.8 Å². The van der Waals surface area contributed by atoms with Gasteiger partial charge in [0.25, 0.3) is 0 Å². The second kappa shape index (κ2) is 6.34.